The van der Waals surface area contributed by atoms with Crippen molar-refractivity contribution in [3.63, 3.8) is 0 Å². The lowest BCUT2D eigenvalue weighted by atomic mass is 9.98. The quantitative estimate of drug-likeness (QED) is 0.350. The van der Waals surface area contributed by atoms with Crippen LogP contribution in [0.15, 0.2) is 73.1 Å². The zero-order valence-electron chi connectivity index (χ0n) is 22.6. The monoisotopic (exact) mass is 554 g/mol. The van der Waals surface area contributed by atoms with E-state index in [1.807, 2.05) is 85.9 Å². The van der Waals surface area contributed by atoms with Gasteiger partial charge in [-0.1, -0.05) is 30.3 Å². The second-order valence-corrected chi connectivity index (χ2v) is 13.1. The molecule has 2 aliphatic heterocycles. The number of rotatable bonds is 6. The van der Waals surface area contributed by atoms with Crippen LogP contribution in [0.25, 0.3) is 22.4 Å². The number of pyridine rings is 2. The Balaban J connectivity index is 1.34. The summed E-state index contributed by atoms with van der Waals surface area (Å²) < 4.78 is 25.7. The van der Waals surface area contributed by atoms with Crippen LogP contribution in [0.2, 0.25) is 0 Å². The Kier molecular flexibility index (Phi) is 6.85. The minimum absolute atomic E-state index is 0.200. The molecule has 9 heteroatoms. The third-order valence-electron chi connectivity index (χ3n) is 6.91. The molecule has 204 valence electrons. The van der Waals surface area contributed by atoms with E-state index in [4.69, 9.17) is 14.5 Å². The van der Waals surface area contributed by atoms with Crippen molar-refractivity contribution >= 4 is 16.9 Å². The van der Waals surface area contributed by atoms with Gasteiger partial charge in [0.1, 0.15) is 16.7 Å². The predicted octanol–water partition coefficient (Wildman–Crippen LogP) is 5.25. The number of benzene rings is 2. The van der Waals surface area contributed by atoms with Gasteiger partial charge in [-0.15, -0.1) is 0 Å². The molecular formula is C31H30N4O4S. The number of ether oxygens (including phenoxy) is 2. The highest BCUT2D eigenvalue weighted by Crippen LogP contribution is 2.36. The summed E-state index contributed by atoms with van der Waals surface area (Å²) in [5.74, 6) is 1.09. The molecule has 0 unspecified atom stereocenters. The van der Waals surface area contributed by atoms with Gasteiger partial charge in [-0.2, -0.15) is 0 Å². The minimum atomic E-state index is -1.21. The molecule has 0 fully saturated rings. The molecule has 0 aliphatic carbocycles. The SMILES string of the molecule is CC(C)(C)[S@@](=O)N1Cc2cc(C(=O)NCc3ccc4c(c3)OCO4)nc(-c3cccc(-c4cccnc4)c3)c2C1. The van der Waals surface area contributed by atoms with Crippen molar-refractivity contribution in [2.75, 3.05) is 6.79 Å². The van der Waals surface area contributed by atoms with Gasteiger partial charge < -0.3 is 14.8 Å². The molecule has 8 nitrogen and oxygen atoms in total. The van der Waals surface area contributed by atoms with Gasteiger partial charge >= 0.3 is 0 Å². The molecule has 1 amide bonds. The number of fused-ring (bicyclic) bond motifs is 2. The first-order valence-electron chi connectivity index (χ1n) is 13.1. The van der Waals surface area contributed by atoms with E-state index in [9.17, 15) is 9.00 Å². The smallest absolute Gasteiger partial charge is 0.270 e. The first-order valence-corrected chi connectivity index (χ1v) is 14.2. The highest BCUT2D eigenvalue weighted by molar-refractivity contribution is 7.84. The van der Waals surface area contributed by atoms with E-state index in [-0.39, 0.29) is 12.7 Å². The summed E-state index contributed by atoms with van der Waals surface area (Å²) in [5.41, 5.74) is 6.80. The van der Waals surface area contributed by atoms with Gasteiger partial charge in [0.25, 0.3) is 5.91 Å². The van der Waals surface area contributed by atoms with Crippen molar-refractivity contribution in [3.05, 3.63) is 95.4 Å². The number of nitrogens with one attached hydrogen (secondary N) is 1. The van der Waals surface area contributed by atoms with Crippen LogP contribution in [-0.2, 0) is 30.6 Å². The van der Waals surface area contributed by atoms with Crippen LogP contribution in [0.1, 0.15) is 48.0 Å². The molecule has 1 atom stereocenters. The topological polar surface area (TPSA) is 93.7 Å². The maximum atomic E-state index is 13.4. The van der Waals surface area contributed by atoms with E-state index < -0.39 is 15.7 Å². The summed E-state index contributed by atoms with van der Waals surface area (Å²) >= 11 is 0. The van der Waals surface area contributed by atoms with Crippen LogP contribution in [0, 0.1) is 0 Å². The predicted molar refractivity (Wildman–Crippen MR) is 154 cm³/mol. The van der Waals surface area contributed by atoms with E-state index in [1.54, 1.807) is 6.20 Å². The van der Waals surface area contributed by atoms with Crippen LogP contribution in [0.4, 0.5) is 0 Å². The Morgan fingerprint density at radius 3 is 2.58 bits per heavy atom. The standard InChI is InChI=1S/C31H30N4O4S/c1-31(2,3)40(37)35-17-24-14-26(30(36)33-15-20-9-10-27-28(12-20)39-19-38-27)34-29(25(24)18-35)22-7-4-6-21(13-22)23-8-5-11-32-16-23/h4-14,16H,15,17-19H2,1-3H3,(H,33,36)/t40-/m1/s1. The molecule has 2 aromatic heterocycles. The molecule has 0 spiro atoms. The van der Waals surface area contributed by atoms with Crippen LogP contribution < -0.4 is 14.8 Å². The van der Waals surface area contributed by atoms with Crippen molar-refractivity contribution in [3.8, 4) is 33.9 Å². The Morgan fingerprint density at radius 2 is 1.77 bits per heavy atom. The van der Waals surface area contributed by atoms with Crippen molar-refractivity contribution in [1.29, 1.82) is 0 Å². The van der Waals surface area contributed by atoms with Crippen molar-refractivity contribution in [2.45, 2.75) is 45.2 Å². The second-order valence-electron chi connectivity index (χ2n) is 10.8. The normalized spacial score (nSPS) is 15.1. The van der Waals surface area contributed by atoms with Gasteiger partial charge in [0, 0.05) is 43.2 Å². The largest absolute Gasteiger partial charge is 0.454 e. The number of carbonyl (C=O) groups excluding carboxylic acids is 1. The first kappa shape index (κ1) is 26.2. The van der Waals surface area contributed by atoms with Gasteiger partial charge in [0.05, 0.1) is 10.4 Å². The second kappa shape index (κ2) is 10.5. The summed E-state index contributed by atoms with van der Waals surface area (Å²) in [5, 5.41) is 2.99. The molecule has 2 aliphatic rings. The Bertz CT molecular complexity index is 1620. The summed E-state index contributed by atoms with van der Waals surface area (Å²) in [4.78, 5) is 22.5. The molecule has 40 heavy (non-hydrogen) atoms. The van der Waals surface area contributed by atoms with Gasteiger partial charge in [0.2, 0.25) is 6.79 Å². The fraction of sp³-hybridized carbons (Fsp3) is 0.258. The lowest BCUT2D eigenvalue weighted by Crippen LogP contribution is -2.34. The van der Waals surface area contributed by atoms with Crippen molar-refractivity contribution in [2.24, 2.45) is 0 Å². The van der Waals surface area contributed by atoms with Gasteiger partial charge in [-0.25, -0.2) is 13.5 Å². The van der Waals surface area contributed by atoms with Crippen LogP contribution >= 0.6 is 0 Å². The summed E-state index contributed by atoms with van der Waals surface area (Å²) in [6.07, 6.45) is 3.57. The number of carbonyl (C=O) groups is 1. The Labute approximate surface area is 236 Å². The lowest BCUT2D eigenvalue weighted by Gasteiger charge is -2.24. The number of hydrogen-bond donors (Lipinski definition) is 1. The lowest BCUT2D eigenvalue weighted by molar-refractivity contribution is 0.0946. The van der Waals surface area contributed by atoms with E-state index in [1.165, 1.54) is 0 Å². The fourth-order valence-corrected chi connectivity index (χ4v) is 6.20. The van der Waals surface area contributed by atoms with Crippen LogP contribution in [0.5, 0.6) is 11.5 Å². The highest BCUT2D eigenvalue weighted by Gasteiger charge is 2.33. The summed E-state index contributed by atoms with van der Waals surface area (Å²) in [6.45, 7) is 7.41. The van der Waals surface area contributed by atoms with Crippen molar-refractivity contribution in [1.82, 2.24) is 19.6 Å². The third kappa shape index (κ3) is 5.22. The molecule has 0 radical (unpaired) electrons. The zero-order chi connectivity index (χ0) is 27.9. The number of aromatic nitrogens is 2. The minimum Gasteiger partial charge on any atom is -0.454 e. The highest BCUT2D eigenvalue weighted by atomic mass is 32.2. The van der Waals surface area contributed by atoms with Crippen LogP contribution in [-0.4, -0.2) is 35.9 Å². The Morgan fingerprint density at radius 1 is 0.975 bits per heavy atom. The van der Waals surface area contributed by atoms with E-state index in [0.29, 0.717) is 36.8 Å². The molecule has 4 heterocycles. The number of amides is 1. The summed E-state index contributed by atoms with van der Waals surface area (Å²) in [7, 11) is -1.21. The van der Waals surface area contributed by atoms with Gasteiger partial charge in [0.15, 0.2) is 11.5 Å². The first-order chi connectivity index (χ1) is 19.3. The zero-order valence-corrected chi connectivity index (χ0v) is 23.5. The molecular weight excluding hydrogens is 524 g/mol. The van der Waals surface area contributed by atoms with E-state index >= 15 is 0 Å². The fourth-order valence-electron chi connectivity index (χ4n) is 4.93. The maximum absolute atomic E-state index is 13.4. The molecule has 1 N–H and O–H groups in total. The molecule has 6 rings (SSSR count). The van der Waals surface area contributed by atoms with Gasteiger partial charge in [-0.05, 0) is 73.4 Å². The Hall–Kier alpha value is -4.08. The molecule has 0 bridgehead atoms. The average molecular weight is 555 g/mol. The number of hydrogen-bond acceptors (Lipinski definition) is 6. The van der Waals surface area contributed by atoms with E-state index in [2.05, 4.69) is 16.4 Å². The van der Waals surface area contributed by atoms with Crippen LogP contribution in [0.3, 0.4) is 0 Å². The average Bonchev–Trinajstić information content (AvgIpc) is 3.62. The van der Waals surface area contributed by atoms with E-state index in [0.717, 1.165) is 39.1 Å². The van der Waals surface area contributed by atoms with Gasteiger partial charge in [-0.3, -0.25) is 9.78 Å². The summed E-state index contributed by atoms with van der Waals surface area (Å²) in [6, 6.07) is 19.4. The molecule has 4 aromatic rings. The maximum Gasteiger partial charge on any atom is 0.270 e. The van der Waals surface area contributed by atoms with Crippen molar-refractivity contribution < 1.29 is 18.5 Å². The number of nitrogens with zero attached hydrogens (tertiary/aromatic N) is 3. The molecule has 0 saturated carbocycles. The molecule has 2 aromatic carbocycles. The molecule has 0 saturated heterocycles. The third-order valence-corrected chi connectivity index (χ3v) is 8.68.